The van der Waals surface area contributed by atoms with Crippen molar-refractivity contribution in [3.63, 3.8) is 0 Å². The normalized spacial score (nSPS) is 13.0. The highest BCUT2D eigenvalue weighted by Crippen LogP contribution is 2.29. The quantitative estimate of drug-likeness (QED) is 0.816. The molecule has 1 aromatic carbocycles. The molecular formula is C17H24N4O3. The van der Waals surface area contributed by atoms with Gasteiger partial charge in [-0.05, 0) is 32.0 Å². The van der Waals surface area contributed by atoms with E-state index < -0.39 is 0 Å². The summed E-state index contributed by atoms with van der Waals surface area (Å²) in [7, 11) is 3.20. The van der Waals surface area contributed by atoms with Gasteiger partial charge in [0.1, 0.15) is 11.5 Å². The number of nitrogens with one attached hydrogen (secondary N) is 2. The van der Waals surface area contributed by atoms with Crippen molar-refractivity contribution >= 4 is 6.03 Å². The van der Waals surface area contributed by atoms with Crippen LogP contribution in [0.15, 0.2) is 36.7 Å². The standard InChI is InChI=1S/C17H24N4O3/c1-12(11-21-9-5-8-18-21)19-17(22)20-13(2)15-7-6-14(23-3)10-16(15)24-4/h5-10,12-13H,11H2,1-4H3,(H2,19,20,22)/t12-,13+/m1/s1. The van der Waals surface area contributed by atoms with Gasteiger partial charge in [0.2, 0.25) is 0 Å². The minimum Gasteiger partial charge on any atom is -0.497 e. The zero-order valence-corrected chi connectivity index (χ0v) is 14.4. The Balaban J connectivity index is 1.93. The van der Waals surface area contributed by atoms with E-state index in [1.54, 1.807) is 31.2 Å². The first-order chi connectivity index (χ1) is 11.5. The number of hydrogen-bond donors (Lipinski definition) is 2. The molecule has 2 atom stereocenters. The third kappa shape index (κ3) is 4.65. The highest BCUT2D eigenvalue weighted by molar-refractivity contribution is 5.74. The van der Waals surface area contributed by atoms with Crippen LogP contribution in [0, 0.1) is 0 Å². The Labute approximate surface area is 142 Å². The van der Waals surface area contributed by atoms with Crippen molar-refractivity contribution in [2.75, 3.05) is 14.2 Å². The van der Waals surface area contributed by atoms with Gasteiger partial charge in [0.15, 0.2) is 0 Å². The van der Waals surface area contributed by atoms with Gasteiger partial charge in [-0.15, -0.1) is 0 Å². The van der Waals surface area contributed by atoms with Crippen LogP contribution in [-0.2, 0) is 6.54 Å². The smallest absolute Gasteiger partial charge is 0.315 e. The topological polar surface area (TPSA) is 77.4 Å². The zero-order chi connectivity index (χ0) is 17.5. The Morgan fingerprint density at radius 2 is 2.04 bits per heavy atom. The molecule has 0 unspecified atom stereocenters. The lowest BCUT2D eigenvalue weighted by Gasteiger charge is -2.20. The van der Waals surface area contributed by atoms with Crippen molar-refractivity contribution in [3.8, 4) is 11.5 Å². The van der Waals surface area contributed by atoms with Crippen LogP contribution in [0.5, 0.6) is 11.5 Å². The molecule has 0 radical (unpaired) electrons. The van der Waals surface area contributed by atoms with Crippen LogP contribution in [0.25, 0.3) is 0 Å². The van der Waals surface area contributed by atoms with Crippen LogP contribution >= 0.6 is 0 Å². The van der Waals surface area contributed by atoms with Gasteiger partial charge in [-0.2, -0.15) is 5.10 Å². The molecule has 0 aliphatic rings. The molecule has 2 N–H and O–H groups in total. The lowest BCUT2D eigenvalue weighted by atomic mass is 10.1. The second kappa shape index (κ2) is 8.24. The van der Waals surface area contributed by atoms with Crippen molar-refractivity contribution in [3.05, 3.63) is 42.2 Å². The number of benzene rings is 1. The van der Waals surface area contributed by atoms with Gasteiger partial charge in [0, 0.05) is 30.1 Å². The maximum Gasteiger partial charge on any atom is 0.315 e. The number of nitrogens with zero attached hydrogens (tertiary/aromatic N) is 2. The second-order valence-electron chi connectivity index (χ2n) is 5.58. The van der Waals surface area contributed by atoms with Crippen LogP contribution in [0.3, 0.4) is 0 Å². The molecule has 7 heteroatoms. The molecule has 0 bridgehead atoms. The van der Waals surface area contributed by atoms with Crippen molar-refractivity contribution in [1.82, 2.24) is 20.4 Å². The molecule has 7 nitrogen and oxygen atoms in total. The van der Waals surface area contributed by atoms with Crippen LogP contribution in [-0.4, -0.2) is 36.1 Å². The molecule has 2 rings (SSSR count). The lowest BCUT2D eigenvalue weighted by Crippen LogP contribution is -2.43. The first-order valence-electron chi connectivity index (χ1n) is 7.80. The molecule has 2 aromatic rings. The Morgan fingerprint density at radius 1 is 1.25 bits per heavy atom. The van der Waals surface area contributed by atoms with Gasteiger partial charge in [-0.1, -0.05) is 0 Å². The number of carbonyl (C=O) groups is 1. The van der Waals surface area contributed by atoms with E-state index in [2.05, 4.69) is 15.7 Å². The Morgan fingerprint density at radius 3 is 2.67 bits per heavy atom. The predicted octanol–water partition coefficient (Wildman–Crippen LogP) is 2.35. The van der Waals surface area contributed by atoms with Crippen molar-refractivity contribution in [2.45, 2.75) is 32.5 Å². The van der Waals surface area contributed by atoms with E-state index in [-0.39, 0.29) is 18.1 Å². The summed E-state index contributed by atoms with van der Waals surface area (Å²) < 4.78 is 12.3. The maximum absolute atomic E-state index is 12.2. The predicted molar refractivity (Wildman–Crippen MR) is 91.3 cm³/mol. The van der Waals surface area contributed by atoms with E-state index in [0.29, 0.717) is 18.0 Å². The molecule has 24 heavy (non-hydrogen) atoms. The molecule has 130 valence electrons. The number of hydrogen-bond acceptors (Lipinski definition) is 4. The van der Waals surface area contributed by atoms with E-state index >= 15 is 0 Å². The fourth-order valence-electron chi connectivity index (χ4n) is 2.45. The van der Waals surface area contributed by atoms with Gasteiger partial charge in [-0.25, -0.2) is 4.79 Å². The van der Waals surface area contributed by atoms with Crippen molar-refractivity contribution in [2.24, 2.45) is 0 Å². The van der Waals surface area contributed by atoms with E-state index in [1.807, 2.05) is 38.2 Å². The molecule has 2 amide bonds. The number of amides is 2. The largest absolute Gasteiger partial charge is 0.497 e. The number of carbonyl (C=O) groups excluding carboxylic acids is 1. The van der Waals surface area contributed by atoms with Gasteiger partial charge in [0.05, 0.1) is 26.8 Å². The summed E-state index contributed by atoms with van der Waals surface area (Å²) in [6.45, 7) is 4.45. The highest BCUT2D eigenvalue weighted by Gasteiger charge is 2.16. The van der Waals surface area contributed by atoms with E-state index in [1.165, 1.54) is 0 Å². The fourth-order valence-corrected chi connectivity index (χ4v) is 2.45. The van der Waals surface area contributed by atoms with Crippen LogP contribution in [0.2, 0.25) is 0 Å². The third-order valence-electron chi connectivity index (χ3n) is 3.65. The average molecular weight is 332 g/mol. The van der Waals surface area contributed by atoms with Crippen LogP contribution in [0.1, 0.15) is 25.5 Å². The average Bonchev–Trinajstić information content (AvgIpc) is 3.06. The Kier molecular flexibility index (Phi) is 6.06. The summed E-state index contributed by atoms with van der Waals surface area (Å²) in [5.41, 5.74) is 0.883. The maximum atomic E-state index is 12.2. The molecule has 1 heterocycles. The number of rotatable bonds is 7. The van der Waals surface area contributed by atoms with Gasteiger partial charge in [0.25, 0.3) is 0 Å². The number of urea groups is 1. The summed E-state index contributed by atoms with van der Waals surface area (Å²) in [4.78, 5) is 12.2. The molecule has 0 saturated heterocycles. The monoisotopic (exact) mass is 332 g/mol. The molecule has 0 fully saturated rings. The zero-order valence-electron chi connectivity index (χ0n) is 14.4. The summed E-state index contributed by atoms with van der Waals surface area (Å²) in [5.74, 6) is 1.38. The van der Waals surface area contributed by atoms with Crippen LogP contribution in [0.4, 0.5) is 4.79 Å². The highest BCUT2D eigenvalue weighted by atomic mass is 16.5. The van der Waals surface area contributed by atoms with Crippen LogP contribution < -0.4 is 20.1 Å². The summed E-state index contributed by atoms with van der Waals surface area (Å²) >= 11 is 0. The number of methoxy groups -OCH3 is 2. The van der Waals surface area contributed by atoms with Gasteiger partial charge in [-0.3, -0.25) is 4.68 Å². The molecule has 0 aliphatic carbocycles. The molecular weight excluding hydrogens is 308 g/mol. The first kappa shape index (κ1) is 17.7. The van der Waals surface area contributed by atoms with E-state index in [0.717, 1.165) is 5.56 Å². The Bertz CT molecular complexity index is 658. The minimum absolute atomic E-state index is 0.0464. The summed E-state index contributed by atoms with van der Waals surface area (Å²) in [6.07, 6.45) is 3.58. The minimum atomic E-state index is -0.236. The van der Waals surface area contributed by atoms with Gasteiger partial charge < -0.3 is 20.1 Å². The second-order valence-corrected chi connectivity index (χ2v) is 5.58. The molecule has 0 aliphatic heterocycles. The van der Waals surface area contributed by atoms with Gasteiger partial charge >= 0.3 is 6.03 Å². The summed E-state index contributed by atoms with van der Waals surface area (Å²) in [5, 5.41) is 9.95. The summed E-state index contributed by atoms with van der Waals surface area (Å²) in [6, 6.07) is 6.89. The van der Waals surface area contributed by atoms with E-state index in [4.69, 9.17) is 9.47 Å². The van der Waals surface area contributed by atoms with E-state index in [9.17, 15) is 4.79 Å². The van der Waals surface area contributed by atoms with Crippen molar-refractivity contribution < 1.29 is 14.3 Å². The fraction of sp³-hybridized carbons (Fsp3) is 0.412. The SMILES string of the molecule is COc1ccc([C@H](C)NC(=O)N[C@H](C)Cn2cccn2)c(OC)c1. The number of ether oxygens (including phenoxy) is 2. The van der Waals surface area contributed by atoms with Crippen molar-refractivity contribution in [1.29, 1.82) is 0 Å². The third-order valence-corrected chi connectivity index (χ3v) is 3.65. The molecule has 0 saturated carbocycles. The number of aromatic nitrogens is 2. The molecule has 1 aromatic heterocycles. The lowest BCUT2D eigenvalue weighted by molar-refractivity contribution is 0.233. The Hall–Kier alpha value is -2.70. The first-order valence-corrected chi connectivity index (χ1v) is 7.80. The molecule has 0 spiro atoms.